The van der Waals surface area contributed by atoms with E-state index in [4.69, 9.17) is 4.98 Å². The molecule has 2 aromatic rings. The topological polar surface area (TPSA) is 41.1 Å². The summed E-state index contributed by atoms with van der Waals surface area (Å²) < 4.78 is 0. The molecule has 2 heterocycles. The van der Waals surface area contributed by atoms with Crippen molar-refractivity contribution < 1.29 is 0 Å². The molecule has 0 radical (unpaired) electrons. The maximum atomic E-state index is 4.80. The fourth-order valence-electron chi connectivity index (χ4n) is 3.28. The Morgan fingerprint density at radius 2 is 1.71 bits per heavy atom. The third kappa shape index (κ3) is 4.05. The molecule has 0 spiro atoms. The van der Waals surface area contributed by atoms with Crippen LogP contribution in [0, 0.1) is 6.92 Å². The van der Waals surface area contributed by atoms with Crippen LogP contribution in [0.3, 0.4) is 0 Å². The average molecular weight is 324 g/mol. The summed E-state index contributed by atoms with van der Waals surface area (Å²) >= 11 is 0. The first-order valence-electron chi connectivity index (χ1n) is 9.10. The lowest BCUT2D eigenvalue weighted by atomic mass is 10.0. The van der Waals surface area contributed by atoms with Crippen molar-refractivity contribution in [3.05, 3.63) is 41.6 Å². The lowest BCUT2D eigenvalue weighted by molar-refractivity contribution is 0.726. The zero-order valence-corrected chi connectivity index (χ0v) is 15.0. The van der Waals surface area contributed by atoms with Crippen LogP contribution in [-0.4, -0.2) is 23.1 Å². The standard InChI is InChI=1S/C20H28N4/c1-15(2)17-10-6-7-11-18(17)22-19-14-16(3)21-20(23-19)24-12-8-4-5-9-13-24/h6-7,10-11,14-15H,4-5,8-9,12-13H2,1-3H3,(H,21,22,23). The van der Waals surface area contributed by atoms with Crippen molar-refractivity contribution in [2.75, 3.05) is 23.3 Å². The minimum Gasteiger partial charge on any atom is -0.341 e. The summed E-state index contributed by atoms with van der Waals surface area (Å²) in [7, 11) is 0. The first-order chi connectivity index (χ1) is 11.6. The Labute approximate surface area is 145 Å². The average Bonchev–Trinajstić information content (AvgIpc) is 2.84. The molecule has 1 fully saturated rings. The fraction of sp³-hybridized carbons (Fsp3) is 0.500. The highest BCUT2D eigenvalue weighted by molar-refractivity contribution is 5.62. The monoisotopic (exact) mass is 324 g/mol. The number of hydrogen-bond donors (Lipinski definition) is 1. The van der Waals surface area contributed by atoms with E-state index in [1.165, 1.54) is 31.2 Å². The number of nitrogens with one attached hydrogen (secondary N) is 1. The van der Waals surface area contributed by atoms with Gasteiger partial charge in [-0.15, -0.1) is 0 Å². The Kier molecular flexibility index (Phi) is 5.34. The summed E-state index contributed by atoms with van der Waals surface area (Å²) in [4.78, 5) is 11.8. The Morgan fingerprint density at radius 3 is 2.42 bits per heavy atom. The fourth-order valence-corrected chi connectivity index (χ4v) is 3.28. The number of hydrogen-bond acceptors (Lipinski definition) is 4. The van der Waals surface area contributed by atoms with E-state index in [0.29, 0.717) is 5.92 Å². The van der Waals surface area contributed by atoms with Gasteiger partial charge < -0.3 is 10.2 Å². The highest BCUT2D eigenvalue weighted by Gasteiger charge is 2.14. The van der Waals surface area contributed by atoms with E-state index in [0.717, 1.165) is 36.2 Å². The van der Waals surface area contributed by atoms with Gasteiger partial charge in [0.1, 0.15) is 5.82 Å². The van der Waals surface area contributed by atoms with Gasteiger partial charge in [-0.2, -0.15) is 4.98 Å². The number of rotatable bonds is 4. The number of nitrogens with zero attached hydrogens (tertiary/aromatic N) is 3. The first-order valence-corrected chi connectivity index (χ1v) is 9.10. The maximum absolute atomic E-state index is 4.80. The van der Waals surface area contributed by atoms with Crippen molar-refractivity contribution in [2.45, 2.75) is 52.4 Å². The van der Waals surface area contributed by atoms with Crippen molar-refractivity contribution in [1.29, 1.82) is 0 Å². The van der Waals surface area contributed by atoms with Gasteiger partial charge in [-0.3, -0.25) is 0 Å². The molecule has 4 nitrogen and oxygen atoms in total. The van der Waals surface area contributed by atoms with E-state index in [-0.39, 0.29) is 0 Å². The SMILES string of the molecule is Cc1cc(Nc2ccccc2C(C)C)nc(N2CCCCCC2)n1. The summed E-state index contributed by atoms with van der Waals surface area (Å²) in [5.74, 6) is 2.22. The van der Waals surface area contributed by atoms with Crippen molar-refractivity contribution in [3.63, 3.8) is 0 Å². The van der Waals surface area contributed by atoms with Crippen LogP contribution in [0.2, 0.25) is 0 Å². The largest absolute Gasteiger partial charge is 0.341 e. The molecule has 24 heavy (non-hydrogen) atoms. The quantitative estimate of drug-likeness (QED) is 0.856. The van der Waals surface area contributed by atoms with Crippen molar-refractivity contribution in [1.82, 2.24) is 9.97 Å². The molecule has 128 valence electrons. The predicted octanol–water partition coefficient (Wildman–Crippen LogP) is 5.03. The Hall–Kier alpha value is -2.10. The minimum absolute atomic E-state index is 0.474. The van der Waals surface area contributed by atoms with Gasteiger partial charge in [-0.25, -0.2) is 4.98 Å². The molecule has 0 saturated carbocycles. The van der Waals surface area contributed by atoms with Crippen molar-refractivity contribution >= 4 is 17.5 Å². The van der Waals surface area contributed by atoms with Crippen LogP contribution >= 0.6 is 0 Å². The number of para-hydroxylation sites is 1. The summed E-state index contributed by atoms with van der Waals surface area (Å²) in [6, 6.07) is 10.5. The molecule has 1 saturated heterocycles. The smallest absolute Gasteiger partial charge is 0.227 e. The zero-order chi connectivity index (χ0) is 16.9. The van der Waals surface area contributed by atoms with Gasteiger partial charge in [0.2, 0.25) is 5.95 Å². The number of anilines is 3. The summed E-state index contributed by atoms with van der Waals surface area (Å²) in [6.45, 7) is 8.60. The normalized spacial score (nSPS) is 15.4. The van der Waals surface area contributed by atoms with Crippen LogP contribution in [0.4, 0.5) is 17.5 Å². The van der Waals surface area contributed by atoms with E-state index in [9.17, 15) is 0 Å². The summed E-state index contributed by atoms with van der Waals surface area (Å²) in [5.41, 5.74) is 3.45. The predicted molar refractivity (Wildman–Crippen MR) is 101 cm³/mol. The Bertz CT molecular complexity index is 673. The maximum Gasteiger partial charge on any atom is 0.227 e. The molecule has 0 atom stereocenters. The van der Waals surface area contributed by atoms with E-state index in [1.807, 2.05) is 13.0 Å². The molecule has 1 aliphatic rings. The van der Waals surface area contributed by atoms with Crippen LogP contribution in [0.15, 0.2) is 30.3 Å². The second-order valence-corrected chi connectivity index (χ2v) is 6.96. The third-order valence-corrected chi connectivity index (χ3v) is 4.58. The Balaban J connectivity index is 1.86. The van der Waals surface area contributed by atoms with Crippen molar-refractivity contribution in [2.24, 2.45) is 0 Å². The van der Waals surface area contributed by atoms with E-state index in [1.54, 1.807) is 0 Å². The van der Waals surface area contributed by atoms with Crippen LogP contribution in [0.25, 0.3) is 0 Å². The third-order valence-electron chi connectivity index (χ3n) is 4.58. The van der Waals surface area contributed by atoms with E-state index >= 15 is 0 Å². The molecule has 0 amide bonds. The number of benzene rings is 1. The highest BCUT2D eigenvalue weighted by Crippen LogP contribution is 2.27. The molecule has 0 unspecified atom stereocenters. The zero-order valence-electron chi connectivity index (χ0n) is 15.0. The van der Waals surface area contributed by atoms with Gasteiger partial charge in [-0.05, 0) is 37.3 Å². The molecule has 1 aliphatic heterocycles. The highest BCUT2D eigenvalue weighted by atomic mass is 15.3. The summed E-state index contributed by atoms with van der Waals surface area (Å²) in [6.07, 6.45) is 5.09. The lowest BCUT2D eigenvalue weighted by Crippen LogP contribution is -2.26. The molecule has 1 aromatic carbocycles. The molecule has 0 aliphatic carbocycles. The molecule has 1 N–H and O–H groups in total. The van der Waals surface area contributed by atoms with Crippen LogP contribution in [0.5, 0.6) is 0 Å². The van der Waals surface area contributed by atoms with Gasteiger partial charge in [0, 0.05) is 30.5 Å². The van der Waals surface area contributed by atoms with Gasteiger partial charge in [-0.1, -0.05) is 44.9 Å². The van der Waals surface area contributed by atoms with Crippen LogP contribution in [0.1, 0.15) is 56.7 Å². The second kappa shape index (κ2) is 7.65. The van der Waals surface area contributed by atoms with E-state index in [2.05, 4.69) is 53.3 Å². The first kappa shape index (κ1) is 16.7. The molecule has 3 rings (SSSR count). The Morgan fingerprint density at radius 1 is 1.00 bits per heavy atom. The molecule has 1 aromatic heterocycles. The van der Waals surface area contributed by atoms with Crippen molar-refractivity contribution in [3.8, 4) is 0 Å². The molecular formula is C20H28N4. The van der Waals surface area contributed by atoms with Gasteiger partial charge in [0.15, 0.2) is 0 Å². The number of aromatic nitrogens is 2. The van der Waals surface area contributed by atoms with Gasteiger partial charge >= 0.3 is 0 Å². The van der Waals surface area contributed by atoms with Crippen LogP contribution < -0.4 is 10.2 Å². The molecular weight excluding hydrogens is 296 g/mol. The van der Waals surface area contributed by atoms with E-state index < -0.39 is 0 Å². The second-order valence-electron chi connectivity index (χ2n) is 6.96. The summed E-state index contributed by atoms with van der Waals surface area (Å²) in [5, 5.41) is 3.51. The molecule has 4 heteroatoms. The lowest BCUT2D eigenvalue weighted by Gasteiger charge is -2.21. The van der Waals surface area contributed by atoms with Gasteiger partial charge in [0.05, 0.1) is 0 Å². The van der Waals surface area contributed by atoms with Crippen LogP contribution in [-0.2, 0) is 0 Å². The number of aryl methyl sites for hydroxylation is 1. The molecule has 0 bridgehead atoms. The van der Waals surface area contributed by atoms with Gasteiger partial charge in [0.25, 0.3) is 0 Å². The minimum atomic E-state index is 0.474.